The highest BCUT2D eigenvalue weighted by Gasteiger charge is 2.18. The smallest absolute Gasteiger partial charge is 0.319 e. The second-order valence-corrected chi connectivity index (χ2v) is 6.02. The van der Waals surface area contributed by atoms with E-state index >= 15 is 0 Å². The molecule has 17 heavy (non-hydrogen) atoms. The Hall–Kier alpha value is -1.36. The predicted molar refractivity (Wildman–Crippen MR) is 64.8 cm³/mol. The molecule has 0 saturated carbocycles. The van der Waals surface area contributed by atoms with Gasteiger partial charge in [-0.2, -0.15) is 0 Å². The molecular formula is C12H16O4S. The third-order valence-electron chi connectivity index (χ3n) is 2.73. The van der Waals surface area contributed by atoms with Crippen LogP contribution in [0, 0.1) is 0 Å². The second-order valence-electron chi connectivity index (χ2n) is 4.03. The fraction of sp³-hybridized carbons (Fsp3) is 0.417. The van der Waals surface area contributed by atoms with E-state index in [1.807, 2.05) is 0 Å². The van der Waals surface area contributed by atoms with Crippen LogP contribution in [0.3, 0.4) is 0 Å². The van der Waals surface area contributed by atoms with E-state index in [1.54, 1.807) is 12.1 Å². The molecule has 1 atom stereocenters. The maximum absolute atomic E-state index is 11.6. The molecule has 1 unspecified atom stereocenters. The molecule has 0 aliphatic rings. The van der Waals surface area contributed by atoms with Crippen molar-refractivity contribution in [2.75, 3.05) is 5.75 Å². The molecule has 0 fully saturated rings. The average molecular weight is 256 g/mol. The number of rotatable bonds is 5. The van der Waals surface area contributed by atoms with E-state index in [2.05, 4.69) is 13.8 Å². The van der Waals surface area contributed by atoms with Gasteiger partial charge in [-0.05, 0) is 30.0 Å². The van der Waals surface area contributed by atoms with Crippen molar-refractivity contribution in [3.8, 4) is 0 Å². The van der Waals surface area contributed by atoms with Crippen LogP contribution in [-0.4, -0.2) is 25.2 Å². The molecule has 0 spiro atoms. The summed E-state index contributed by atoms with van der Waals surface area (Å²) in [6.07, 6.45) is 0.973. The topological polar surface area (TPSA) is 71.4 Å². The lowest BCUT2D eigenvalue weighted by atomic mass is 9.99. The van der Waals surface area contributed by atoms with Gasteiger partial charge >= 0.3 is 5.97 Å². The minimum absolute atomic E-state index is 0.0620. The molecule has 0 aliphatic heterocycles. The lowest BCUT2D eigenvalue weighted by molar-refractivity contribution is -0.134. The zero-order valence-corrected chi connectivity index (χ0v) is 10.7. The van der Waals surface area contributed by atoms with E-state index in [0.717, 1.165) is 12.0 Å². The van der Waals surface area contributed by atoms with E-state index in [1.165, 1.54) is 12.1 Å². The second kappa shape index (κ2) is 5.31. The molecule has 1 rings (SSSR count). The third-order valence-corrected chi connectivity index (χ3v) is 4.35. The predicted octanol–water partition coefficient (Wildman–Crippen LogP) is 2.06. The van der Waals surface area contributed by atoms with Gasteiger partial charge < -0.3 is 5.11 Å². The Morgan fingerprint density at radius 3 is 2.24 bits per heavy atom. The Kier molecular flexibility index (Phi) is 4.28. The Bertz CT molecular complexity index is 488. The number of aliphatic carboxylic acids is 1. The third kappa shape index (κ3) is 3.56. The van der Waals surface area contributed by atoms with Gasteiger partial charge in [-0.25, -0.2) is 8.42 Å². The number of hydrogen-bond acceptors (Lipinski definition) is 3. The highest BCUT2D eigenvalue weighted by atomic mass is 32.2. The molecule has 0 aromatic heterocycles. The van der Waals surface area contributed by atoms with Crippen LogP contribution < -0.4 is 0 Å². The lowest BCUT2D eigenvalue weighted by Crippen LogP contribution is -2.15. The summed E-state index contributed by atoms with van der Waals surface area (Å²) < 4.78 is 23.2. The number of benzene rings is 1. The maximum atomic E-state index is 11.6. The quantitative estimate of drug-likeness (QED) is 0.875. The molecule has 0 amide bonds. The van der Waals surface area contributed by atoms with Gasteiger partial charge in [0.15, 0.2) is 15.6 Å². The van der Waals surface area contributed by atoms with Crippen molar-refractivity contribution >= 4 is 15.8 Å². The molecule has 0 bridgehead atoms. The number of carboxylic acids is 1. The van der Waals surface area contributed by atoms with Crippen molar-refractivity contribution in [2.24, 2.45) is 0 Å². The monoisotopic (exact) mass is 256 g/mol. The first-order chi connectivity index (χ1) is 7.86. The molecular weight excluding hydrogens is 240 g/mol. The first-order valence-corrected chi connectivity index (χ1v) is 7.06. The van der Waals surface area contributed by atoms with Crippen molar-refractivity contribution in [1.29, 1.82) is 0 Å². The SMILES string of the molecule is CCC(C)c1ccc(S(=O)(=O)CC(=O)O)cc1. The van der Waals surface area contributed by atoms with E-state index in [-0.39, 0.29) is 4.90 Å². The van der Waals surface area contributed by atoms with Crippen LogP contribution in [0.15, 0.2) is 29.2 Å². The van der Waals surface area contributed by atoms with Crippen LogP contribution in [0.25, 0.3) is 0 Å². The molecule has 1 aromatic carbocycles. The highest BCUT2D eigenvalue weighted by Crippen LogP contribution is 2.20. The Labute approximate surface area is 101 Å². The summed E-state index contributed by atoms with van der Waals surface area (Å²) >= 11 is 0. The molecule has 1 aromatic rings. The largest absolute Gasteiger partial charge is 0.480 e. The Morgan fingerprint density at radius 1 is 1.29 bits per heavy atom. The molecule has 0 heterocycles. The zero-order chi connectivity index (χ0) is 13.1. The fourth-order valence-electron chi connectivity index (χ4n) is 1.49. The van der Waals surface area contributed by atoms with Gasteiger partial charge in [-0.3, -0.25) is 4.79 Å². The van der Waals surface area contributed by atoms with Gasteiger partial charge in [-0.15, -0.1) is 0 Å². The standard InChI is InChI=1S/C12H16O4S/c1-3-9(2)10-4-6-11(7-5-10)17(15,16)8-12(13)14/h4-7,9H,3,8H2,1-2H3,(H,13,14). The minimum atomic E-state index is -3.71. The van der Waals surface area contributed by atoms with Crippen molar-refractivity contribution in [1.82, 2.24) is 0 Å². The van der Waals surface area contributed by atoms with Gasteiger partial charge in [0.05, 0.1) is 4.90 Å². The van der Waals surface area contributed by atoms with Gasteiger partial charge in [-0.1, -0.05) is 26.0 Å². The van der Waals surface area contributed by atoms with Crippen molar-refractivity contribution in [2.45, 2.75) is 31.1 Å². The first kappa shape index (κ1) is 13.7. The zero-order valence-electron chi connectivity index (χ0n) is 9.88. The Balaban J connectivity index is 2.99. The normalized spacial score (nSPS) is 13.3. The van der Waals surface area contributed by atoms with Crippen LogP contribution in [0.5, 0.6) is 0 Å². The number of hydrogen-bond donors (Lipinski definition) is 1. The molecule has 0 saturated heterocycles. The number of carbonyl (C=O) groups is 1. The summed E-state index contributed by atoms with van der Waals surface area (Å²) in [7, 11) is -3.71. The van der Waals surface area contributed by atoms with Crippen LogP contribution >= 0.6 is 0 Å². The van der Waals surface area contributed by atoms with Gasteiger partial charge in [0.2, 0.25) is 0 Å². The molecule has 4 nitrogen and oxygen atoms in total. The first-order valence-electron chi connectivity index (χ1n) is 5.41. The van der Waals surface area contributed by atoms with Crippen molar-refractivity contribution < 1.29 is 18.3 Å². The summed E-state index contributed by atoms with van der Waals surface area (Å²) in [5, 5.41) is 8.51. The van der Waals surface area contributed by atoms with E-state index in [9.17, 15) is 13.2 Å². The Morgan fingerprint density at radius 2 is 1.82 bits per heavy atom. The average Bonchev–Trinajstić information content (AvgIpc) is 2.26. The minimum Gasteiger partial charge on any atom is -0.480 e. The molecule has 5 heteroatoms. The summed E-state index contributed by atoms with van der Waals surface area (Å²) in [5.74, 6) is -1.84. The van der Waals surface area contributed by atoms with Crippen molar-refractivity contribution in [3.05, 3.63) is 29.8 Å². The number of sulfone groups is 1. The van der Waals surface area contributed by atoms with Gasteiger partial charge in [0.1, 0.15) is 0 Å². The molecule has 94 valence electrons. The van der Waals surface area contributed by atoms with E-state index in [4.69, 9.17) is 5.11 Å². The summed E-state index contributed by atoms with van der Waals surface area (Å²) in [5.41, 5.74) is 1.06. The van der Waals surface area contributed by atoms with Gasteiger partial charge in [0, 0.05) is 0 Å². The van der Waals surface area contributed by atoms with Crippen molar-refractivity contribution in [3.63, 3.8) is 0 Å². The number of carboxylic acid groups (broad SMARTS) is 1. The molecule has 0 aliphatic carbocycles. The van der Waals surface area contributed by atoms with E-state index < -0.39 is 21.6 Å². The van der Waals surface area contributed by atoms with Gasteiger partial charge in [0.25, 0.3) is 0 Å². The summed E-state index contributed by atoms with van der Waals surface area (Å²) in [4.78, 5) is 10.5. The maximum Gasteiger partial charge on any atom is 0.319 e. The van der Waals surface area contributed by atoms with Crippen LogP contribution in [-0.2, 0) is 14.6 Å². The fourth-order valence-corrected chi connectivity index (χ4v) is 2.53. The van der Waals surface area contributed by atoms with Crippen LogP contribution in [0.2, 0.25) is 0 Å². The molecule has 1 N–H and O–H groups in total. The van der Waals surface area contributed by atoms with E-state index in [0.29, 0.717) is 5.92 Å². The molecule has 0 radical (unpaired) electrons. The van der Waals surface area contributed by atoms with Crippen LogP contribution in [0.1, 0.15) is 31.7 Å². The van der Waals surface area contributed by atoms with Crippen LogP contribution in [0.4, 0.5) is 0 Å². The summed E-state index contributed by atoms with van der Waals surface area (Å²) in [6.45, 7) is 4.11. The highest BCUT2D eigenvalue weighted by molar-refractivity contribution is 7.92. The summed E-state index contributed by atoms with van der Waals surface area (Å²) in [6, 6.07) is 6.42. The lowest BCUT2D eigenvalue weighted by Gasteiger charge is -2.09.